The number of aromatic hydroxyl groups is 5. The fourth-order valence-corrected chi connectivity index (χ4v) is 4.94. The molecule has 0 bridgehead atoms. The second-order valence-electron chi connectivity index (χ2n) is 10.5. The van der Waals surface area contributed by atoms with Crippen LogP contribution in [0.15, 0.2) is 54.3 Å². The van der Waals surface area contributed by atoms with E-state index in [1.807, 2.05) is 0 Å². The molecule has 0 amide bonds. The second kappa shape index (κ2) is 13.6. The predicted octanol–water partition coefficient (Wildman–Crippen LogP) is 1.79. The van der Waals surface area contributed by atoms with Gasteiger partial charge in [-0.3, -0.25) is 0 Å². The number of hydrogen-bond donors (Lipinski definition) is 8. The van der Waals surface area contributed by atoms with Gasteiger partial charge in [-0.15, -0.1) is 0 Å². The van der Waals surface area contributed by atoms with Crippen molar-refractivity contribution in [2.75, 3.05) is 20.8 Å². The van der Waals surface area contributed by atoms with E-state index in [4.69, 9.17) is 28.4 Å². The van der Waals surface area contributed by atoms with Crippen molar-refractivity contribution in [1.82, 2.24) is 0 Å². The summed E-state index contributed by atoms with van der Waals surface area (Å²) in [5.41, 5.74) is 0.764. The zero-order chi connectivity index (χ0) is 34.0. The van der Waals surface area contributed by atoms with Crippen LogP contribution < -0.4 is 14.2 Å². The normalized spacial score (nSPS) is 23.7. The topological polar surface area (TPSA) is 234 Å². The van der Waals surface area contributed by atoms with Crippen molar-refractivity contribution in [3.05, 3.63) is 71.0 Å². The number of phenolic OH excluding ortho intramolecular Hbond substituents is 5. The number of carbonyl (C=O) groups is 1. The molecule has 2 aliphatic heterocycles. The number of phenols is 5. The van der Waals surface area contributed by atoms with Gasteiger partial charge in [-0.25, -0.2) is 4.79 Å². The van der Waals surface area contributed by atoms with Gasteiger partial charge in [0.2, 0.25) is 12.0 Å². The molecular weight excluding hydrogens is 624 g/mol. The van der Waals surface area contributed by atoms with E-state index in [0.717, 1.165) is 12.1 Å². The van der Waals surface area contributed by atoms with Crippen molar-refractivity contribution in [2.45, 2.75) is 36.8 Å². The first kappa shape index (κ1) is 33.0. The Bertz CT molecular complexity index is 1670. The fourth-order valence-electron chi connectivity index (χ4n) is 4.94. The van der Waals surface area contributed by atoms with Crippen LogP contribution in [0.3, 0.4) is 0 Å². The first-order chi connectivity index (χ1) is 22.4. The highest BCUT2D eigenvalue weighted by Crippen LogP contribution is 2.47. The third-order valence-electron chi connectivity index (χ3n) is 7.42. The summed E-state index contributed by atoms with van der Waals surface area (Å²) in [5, 5.41) is 82.0. The highest BCUT2D eigenvalue weighted by atomic mass is 16.7. The van der Waals surface area contributed by atoms with E-state index < -0.39 is 49.4 Å². The lowest BCUT2D eigenvalue weighted by Gasteiger charge is -2.41. The van der Waals surface area contributed by atoms with Crippen LogP contribution in [0.5, 0.6) is 46.0 Å². The van der Waals surface area contributed by atoms with Crippen LogP contribution in [0.4, 0.5) is 0 Å². The van der Waals surface area contributed by atoms with E-state index in [-0.39, 0.29) is 57.3 Å². The quantitative estimate of drug-likeness (QED) is 0.0931. The molecule has 3 aromatic rings. The van der Waals surface area contributed by atoms with Gasteiger partial charge < -0.3 is 69.3 Å². The number of benzene rings is 3. The van der Waals surface area contributed by atoms with E-state index in [1.165, 1.54) is 62.8 Å². The van der Waals surface area contributed by atoms with Gasteiger partial charge in [0.05, 0.1) is 19.8 Å². The maximum absolute atomic E-state index is 12.4. The summed E-state index contributed by atoms with van der Waals surface area (Å²) >= 11 is 0. The summed E-state index contributed by atoms with van der Waals surface area (Å²) in [6, 6.07) is 9.04. The molecule has 2 heterocycles. The van der Waals surface area contributed by atoms with Gasteiger partial charge in [0.25, 0.3) is 0 Å². The lowest BCUT2D eigenvalue weighted by Crippen LogP contribution is -2.59. The predicted molar refractivity (Wildman–Crippen MR) is 160 cm³/mol. The number of carbonyl (C=O) groups excluding carboxylic acids is 1. The summed E-state index contributed by atoms with van der Waals surface area (Å²) in [6.07, 6.45) is -5.91. The maximum Gasteiger partial charge on any atom is 0.330 e. The van der Waals surface area contributed by atoms with Crippen molar-refractivity contribution in [3.8, 4) is 46.0 Å². The number of hydrogen-bond acceptors (Lipinski definition) is 15. The molecule has 3 aromatic carbocycles. The van der Waals surface area contributed by atoms with Crippen LogP contribution in [0.25, 0.3) is 12.2 Å². The molecular formula is C32H32O15. The van der Waals surface area contributed by atoms with Gasteiger partial charge in [-0.1, -0.05) is 6.07 Å². The Kier molecular flexibility index (Phi) is 9.53. The standard InChI is InChI=1S/C32H32O15/c1-42-22-8-15(9-23(43-2)27(22)38)31-24(12-17-19(35)10-16(33)11-21(17)45-31)46-32-30(41)29(40)28(39)25(47-32)13-44-26(37)6-4-14-3-5-18(34)20(36)7-14/h3-12,25,28-36,38-41H,13H2,1-2H3/b6-4-/t25-,28-,29+,30-,31?,32-/m1/s1. The van der Waals surface area contributed by atoms with E-state index in [1.54, 1.807) is 0 Å². The van der Waals surface area contributed by atoms with Crippen LogP contribution in [-0.4, -0.2) is 98.4 Å². The van der Waals surface area contributed by atoms with Crippen molar-refractivity contribution < 1.29 is 74.1 Å². The smallest absolute Gasteiger partial charge is 0.330 e. The minimum atomic E-state index is -1.82. The SMILES string of the molecule is COc1cc(C2Oc3cc(O)cc(O)c3C=C2O[C@@H]2O[C@H](COC(=O)/C=C\c3ccc(O)c(O)c3)[C@@H](O)[C@H](O)[C@H]2O)cc(OC)c1O. The van der Waals surface area contributed by atoms with Crippen molar-refractivity contribution in [3.63, 3.8) is 0 Å². The molecule has 15 heteroatoms. The summed E-state index contributed by atoms with van der Waals surface area (Å²) < 4.78 is 33.4. The zero-order valence-corrected chi connectivity index (χ0v) is 24.9. The Morgan fingerprint density at radius 3 is 2.21 bits per heavy atom. The third kappa shape index (κ3) is 6.92. The Labute approximate surface area is 266 Å². The van der Waals surface area contributed by atoms with Gasteiger partial charge in [0, 0.05) is 23.8 Å². The number of esters is 1. The molecule has 15 nitrogen and oxygen atoms in total. The van der Waals surface area contributed by atoms with Crippen LogP contribution in [0.2, 0.25) is 0 Å². The molecule has 6 atom stereocenters. The van der Waals surface area contributed by atoms with Crippen LogP contribution in [0, 0.1) is 0 Å². The molecule has 1 unspecified atom stereocenters. The summed E-state index contributed by atoms with van der Waals surface area (Å²) in [5.74, 6) is -2.58. The number of aliphatic hydroxyl groups is 3. The summed E-state index contributed by atoms with van der Waals surface area (Å²) in [4.78, 5) is 12.4. The lowest BCUT2D eigenvalue weighted by atomic mass is 9.98. The van der Waals surface area contributed by atoms with Gasteiger partial charge in [-0.2, -0.15) is 0 Å². The lowest BCUT2D eigenvalue weighted by molar-refractivity contribution is -0.294. The molecule has 1 fully saturated rings. The highest BCUT2D eigenvalue weighted by molar-refractivity contribution is 5.87. The third-order valence-corrected chi connectivity index (χ3v) is 7.42. The number of rotatable bonds is 9. The van der Waals surface area contributed by atoms with Gasteiger partial charge >= 0.3 is 5.97 Å². The molecule has 1 saturated heterocycles. The summed E-state index contributed by atoms with van der Waals surface area (Å²) in [6.45, 7) is -0.580. The summed E-state index contributed by atoms with van der Waals surface area (Å²) in [7, 11) is 2.64. The minimum Gasteiger partial charge on any atom is -0.508 e. The zero-order valence-electron chi connectivity index (χ0n) is 24.9. The molecule has 250 valence electrons. The van der Waals surface area contributed by atoms with Crippen molar-refractivity contribution in [1.29, 1.82) is 0 Å². The average molecular weight is 657 g/mol. The van der Waals surface area contributed by atoms with E-state index >= 15 is 0 Å². The molecule has 47 heavy (non-hydrogen) atoms. The molecule has 0 aromatic heterocycles. The van der Waals surface area contributed by atoms with Crippen LogP contribution in [-0.2, 0) is 19.0 Å². The Morgan fingerprint density at radius 2 is 1.55 bits per heavy atom. The number of aliphatic hydroxyl groups excluding tert-OH is 3. The van der Waals surface area contributed by atoms with Crippen molar-refractivity contribution in [2.24, 2.45) is 0 Å². The fraction of sp³-hybridized carbons (Fsp3) is 0.281. The van der Waals surface area contributed by atoms with Gasteiger partial charge in [0.1, 0.15) is 54.0 Å². The highest BCUT2D eigenvalue weighted by Gasteiger charge is 2.46. The molecule has 2 aliphatic rings. The van der Waals surface area contributed by atoms with Gasteiger partial charge in [0.15, 0.2) is 29.1 Å². The number of fused-ring (bicyclic) bond motifs is 1. The Hall–Kier alpha value is -5.35. The van der Waals surface area contributed by atoms with E-state index in [9.17, 15) is 45.6 Å². The molecule has 5 rings (SSSR count). The monoisotopic (exact) mass is 656 g/mol. The van der Waals surface area contributed by atoms with Gasteiger partial charge in [-0.05, 0) is 42.0 Å². The van der Waals surface area contributed by atoms with E-state index in [2.05, 4.69) is 0 Å². The van der Waals surface area contributed by atoms with Crippen LogP contribution in [0.1, 0.15) is 22.8 Å². The molecule has 0 spiro atoms. The first-order valence-corrected chi connectivity index (χ1v) is 14.0. The maximum atomic E-state index is 12.4. The first-order valence-electron chi connectivity index (χ1n) is 14.0. The number of ether oxygens (including phenoxy) is 6. The molecule has 0 saturated carbocycles. The Morgan fingerprint density at radius 1 is 0.851 bits per heavy atom. The molecule has 0 radical (unpaired) electrons. The van der Waals surface area contributed by atoms with Crippen molar-refractivity contribution >= 4 is 18.1 Å². The Balaban J connectivity index is 1.39. The number of methoxy groups -OCH3 is 2. The molecule has 0 aliphatic carbocycles. The van der Waals surface area contributed by atoms with Crippen LogP contribution >= 0.6 is 0 Å². The largest absolute Gasteiger partial charge is 0.508 e. The second-order valence-corrected chi connectivity index (χ2v) is 10.5. The molecule has 8 N–H and O–H groups in total. The van der Waals surface area contributed by atoms with E-state index in [0.29, 0.717) is 11.1 Å². The average Bonchev–Trinajstić information content (AvgIpc) is 3.05. The minimum absolute atomic E-state index is 0.0116.